The molecule has 0 aromatic carbocycles. The molecule has 4 heteroatoms. The van der Waals surface area contributed by atoms with Gasteiger partial charge < -0.3 is 10.1 Å². The van der Waals surface area contributed by atoms with Crippen molar-refractivity contribution in [2.75, 3.05) is 7.11 Å². The fourth-order valence-corrected chi connectivity index (χ4v) is 1.56. The quantitative estimate of drug-likeness (QED) is 0.844. The van der Waals surface area contributed by atoms with Gasteiger partial charge in [0.2, 0.25) is 5.91 Å². The number of aryl methyl sites for hydroxylation is 1. The summed E-state index contributed by atoms with van der Waals surface area (Å²) in [6.07, 6.45) is 2.25. The number of nitrogens with zero attached hydrogens (tertiary/aromatic N) is 1. The maximum Gasteiger partial charge on any atom is 0.220 e. The van der Waals surface area contributed by atoms with Crippen molar-refractivity contribution < 1.29 is 9.53 Å². The van der Waals surface area contributed by atoms with E-state index in [1.165, 1.54) is 0 Å². The van der Waals surface area contributed by atoms with Crippen LogP contribution in [0.2, 0.25) is 0 Å². The van der Waals surface area contributed by atoms with E-state index in [0.29, 0.717) is 13.0 Å². The fourth-order valence-electron chi connectivity index (χ4n) is 1.56. The SMILES string of the molecule is CCC(=O)NCc1ncc(C)c(OC)c1C. The summed E-state index contributed by atoms with van der Waals surface area (Å²) in [6.45, 7) is 6.18. The smallest absolute Gasteiger partial charge is 0.220 e. The molecule has 0 fully saturated rings. The Morgan fingerprint density at radius 1 is 1.50 bits per heavy atom. The number of hydrogen-bond donors (Lipinski definition) is 1. The second-order valence-electron chi connectivity index (χ2n) is 3.68. The predicted molar refractivity (Wildman–Crippen MR) is 62.4 cm³/mol. The van der Waals surface area contributed by atoms with Crippen LogP contribution in [0, 0.1) is 13.8 Å². The third-order valence-corrected chi connectivity index (χ3v) is 2.52. The molecule has 0 bridgehead atoms. The molecule has 0 aliphatic heterocycles. The van der Waals surface area contributed by atoms with Crippen LogP contribution < -0.4 is 10.1 Å². The maximum absolute atomic E-state index is 11.1. The van der Waals surface area contributed by atoms with Crippen LogP contribution in [0.15, 0.2) is 6.20 Å². The van der Waals surface area contributed by atoms with E-state index in [1.807, 2.05) is 20.8 Å². The van der Waals surface area contributed by atoms with E-state index >= 15 is 0 Å². The van der Waals surface area contributed by atoms with Gasteiger partial charge in [-0.3, -0.25) is 9.78 Å². The zero-order chi connectivity index (χ0) is 12.1. The molecule has 1 N–H and O–H groups in total. The van der Waals surface area contributed by atoms with Crippen molar-refractivity contribution in [3.8, 4) is 5.75 Å². The van der Waals surface area contributed by atoms with Crippen LogP contribution in [-0.2, 0) is 11.3 Å². The van der Waals surface area contributed by atoms with Gasteiger partial charge in [0.15, 0.2) is 0 Å². The summed E-state index contributed by atoms with van der Waals surface area (Å²) in [4.78, 5) is 15.4. The van der Waals surface area contributed by atoms with Crippen molar-refractivity contribution in [2.24, 2.45) is 0 Å². The van der Waals surface area contributed by atoms with Gasteiger partial charge in [0.05, 0.1) is 19.3 Å². The van der Waals surface area contributed by atoms with Gasteiger partial charge >= 0.3 is 0 Å². The summed E-state index contributed by atoms with van der Waals surface area (Å²) in [6, 6.07) is 0. The molecule has 16 heavy (non-hydrogen) atoms. The highest BCUT2D eigenvalue weighted by Crippen LogP contribution is 2.23. The van der Waals surface area contributed by atoms with Crippen molar-refractivity contribution in [3.63, 3.8) is 0 Å². The first-order valence-electron chi connectivity index (χ1n) is 5.35. The predicted octanol–water partition coefficient (Wildman–Crippen LogP) is 1.73. The van der Waals surface area contributed by atoms with Gasteiger partial charge in [-0.15, -0.1) is 0 Å². The molecule has 0 unspecified atom stereocenters. The second kappa shape index (κ2) is 5.49. The lowest BCUT2D eigenvalue weighted by molar-refractivity contribution is -0.120. The van der Waals surface area contributed by atoms with Gasteiger partial charge in [0.25, 0.3) is 0 Å². The number of carbonyl (C=O) groups is 1. The van der Waals surface area contributed by atoms with Gasteiger partial charge in [-0.2, -0.15) is 0 Å². The Balaban J connectivity index is 2.85. The number of pyridine rings is 1. The molecule has 1 aromatic rings. The molecule has 0 aliphatic rings. The minimum absolute atomic E-state index is 0.0285. The molecule has 0 spiro atoms. The molecule has 0 saturated heterocycles. The minimum Gasteiger partial charge on any atom is -0.496 e. The number of carbonyl (C=O) groups excluding carboxylic acids is 1. The zero-order valence-corrected chi connectivity index (χ0v) is 10.3. The Hall–Kier alpha value is -1.58. The van der Waals surface area contributed by atoms with E-state index < -0.39 is 0 Å². The Morgan fingerprint density at radius 3 is 2.75 bits per heavy atom. The Morgan fingerprint density at radius 2 is 2.19 bits per heavy atom. The van der Waals surface area contributed by atoms with Crippen molar-refractivity contribution in [1.82, 2.24) is 10.3 Å². The van der Waals surface area contributed by atoms with E-state index in [1.54, 1.807) is 13.3 Å². The van der Waals surface area contributed by atoms with Gasteiger partial charge in [-0.1, -0.05) is 6.92 Å². The molecule has 0 radical (unpaired) electrons. The van der Waals surface area contributed by atoms with Crippen LogP contribution in [0.5, 0.6) is 5.75 Å². The summed E-state index contributed by atoms with van der Waals surface area (Å²) < 4.78 is 5.30. The first kappa shape index (κ1) is 12.5. The van der Waals surface area contributed by atoms with Gasteiger partial charge in [-0.25, -0.2) is 0 Å². The maximum atomic E-state index is 11.1. The monoisotopic (exact) mass is 222 g/mol. The molecular weight excluding hydrogens is 204 g/mol. The van der Waals surface area contributed by atoms with Crippen LogP contribution in [-0.4, -0.2) is 18.0 Å². The summed E-state index contributed by atoms with van der Waals surface area (Å²) in [7, 11) is 1.64. The minimum atomic E-state index is 0.0285. The molecule has 1 amide bonds. The van der Waals surface area contributed by atoms with Crippen LogP contribution >= 0.6 is 0 Å². The number of rotatable bonds is 4. The molecule has 0 atom stereocenters. The molecule has 0 aliphatic carbocycles. The average Bonchev–Trinajstić information content (AvgIpc) is 2.28. The second-order valence-corrected chi connectivity index (χ2v) is 3.68. The Labute approximate surface area is 96.0 Å². The number of methoxy groups -OCH3 is 1. The highest BCUT2D eigenvalue weighted by Gasteiger charge is 2.09. The van der Waals surface area contributed by atoms with E-state index in [4.69, 9.17) is 4.74 Å². The van der Waals surface area contributed by atoms with E-state index in [0.717, 1.165) is 22.6 Å². The van der Waals surface area contributed by atoms with Crippen LogP contribution in [0.4, 0.5) is 0 Å². The van der Waals surface area contributed by atoms with Crippen molar-refractivity contribution in [3.05, 3.63) is 23.0 Å². The van der Waals surface area contributed by atoms with Crippen molar-refractivity contribution in [2.45, 2.75) is 33.7 Å². The highest BCUT2D eigenvalue weighted by atomic mass is 16.5. The van der Waals surface area contributed by atoms with Crippen molar-refractivity contribution in [1.29, 1.82) is 0 Å². The standard InChI is InChI=1S/C12H18N2O2/c1-5-11(15)14-7-10-9(3)12(16-4)8(2)6-13-10/h6H,5,7H2,1-4H3,(H,14,15). The first-order chi connectivity index (χ1) is 7.60. The summed E-state index contributed by atoms with van der Waals surface area (Å²) in [5.74, 6) is 0.872. The van der Waals surface area contributed by atoms with Gasteiger partial charge in [0.1, 0.15) is 5.75 Å². The van der Waals surface area contributed by atoms with Crippen LogP contribution in [0.1, 0.15) is 30.2 Å². The number of amides is 1. The lowest BCUT2D eigenvalue weighted by Crippen LogP contribution is -2.22. The largest absolute Gasteiger partial charge is 0.496 e. The molecular formula is C12H18N2O2. The van der Waals surface area contributed by atoms with Crippen LogP contribution in [0.3, 0.4) is 0 Å². The number of aromatic nitrogens is 1. The molecule has 88 valence electrons. The Kier molecular flexibility index (Phi) is 4.28. The average molecular weight is 222 g/mol. The molecule has 1 heterocycles. The fraction of sp³-hybridized carbons (Fsp3) is 0.500. The summed E-state index contributed by atoms with van der Waals surface area (Å²) in [5, 5.41) is 2.80. The van der Waals surface area contributed by atoms with Gasteiger partial charge in [-0.05, 0) is 13.8 Å². The third kappa shape index (κ3) is 2.72. The van der Waals surface area contributed by atoms with Crippen LogP contribution in [0.25, 0.3) is 0 Å². The number of hydrogen-bond acceptors (Lipinski definition) is 3. The highest BCUT2D eigenvalue weighted by molar-refractivity contribution is 5.75. The third-order valence-electron chi connectivity index (χ3n) is 2.52. The lowest BCUT2D eigenvalue weighted by Gasteiger charge is -2.12. The number of nitrogens with one attached hydrogen (secondary N) is 1. The zero-order valence-electron chi connectivity index (χ0n) is 10.3. The molecule has 0 saturated carbocycles. The van der Waals surface area contributed by atoms with Gasteiger partial charge in [0, 0.05) is 23.7 Å². The lowest BCUT2D eigenvalue weighted by atomic mass is 10.1. The summed E-state index contributed by atoms with van der Waals surface area (Å²) >= 11 is 0. The topological polar surface area (TPSA) is 51.2 Å². The normalized spacial score (nSPS) is 10.0. The van der Waals surface area contributed by atoms with E-state index in [9.17, 15) is 4.79 Å². The number of ether oxygens (including phenoxy) is 1. The first-order valence-corrected chi connectivity index (χ1v) is 5.35. The van der Waals surface area contributed by atoms with E-state index in [-0.39, 0.29) is 5.91 Å². The van der Waals surface area contributed by atoms with Crippen molar-refractivity contribution >= 4 is 5.91 Å². The van der Waals surface area contributed by atoms with E-state index in [2.05, 4.69) is 10.3 Å². The molecule has 1 aromatic heterocycles. The molecule has 4 nitrogen and oxygen atoms in total. The Bertz CT molecular complexity index is 389. The molecule has 1 rings (SSSR count). The summed E-state index contributed by atoms with van der Waals surface area (Å²) in [5.41, 5.74) is 2.84.